The van der Waals surface area contributed by atoms with E-state index in [2.05, 4.69) is 0 Å². The number of benzene rings is 2. The number of hydrogen-bond donors (Lipinski definition) is 1. The molecule has 0 unspecified atom stereocenters. The van der Waals surface area contributed by atoms with Crippen LogP contribution in [0.1, 0.15) is 0 Å². The van der Waals surface area contributed by atoms with Crippen LogP contribution < -0.4 is 11.2 Å². The van der Waals surface area contributed by atoms with Crippen LogP contribution >= 0.6 is 34.3 Å². The number of nitrogen functional groups attached to an aromatic ring is 1. The Balaban J connectivity index is 2.17. The summed E-state index contributed by atoms with van der Waals surface area (Å²) >= 11 is 8.87. The molecule has 114 valence electrons. The van der Waals surface area contributed by atoms with E-state index in [9.17, 15) is 9.18 Å². The van der Waals surface area contributed by atoms with E-state index in [4.69, 9.17) is 17.3 Å². The van der Waals surface area contributed by atoms with Gasteiger partial charge in [0, 0.05) is 20.7 Å². The molecular weight excluding hydrogens is 353 g/mol. The SMILES string of the molecule is Nc1sc2sc3ccc(Cl)cc3c(=O)c2c1-c1cccc(F)c1. The maximum atomic E-state index is 13.6. The first kappa shape index (κ1) is 14.6. The van der Waals surface area contributed by atoms with Crippen molar-refractivity contribution in [2.45, 2.75) is 0 Å². The highest BCUT2D eigenvalue weighted by molar-refractivity contribution is 7.42. The largest absolute Gasteiger partial charge is 0.390 e. The van der Waals surface area contributed by atoms with Gasteiger partial charge in [-0.3, -0.25) is 4.79 Å². The molecule has 0 aliphatic carbocycles. The van der Waals surface area contributed by atoms with E-state index in [-0.39, 0.29) is 11.2 Å². The number of hydrogen-bond acceptors (Lipinski definition) is 4. The van der Waals surface area contributed by atoms with E-state index < -0.39 is 0 Å². The number of rotatable bonds is 1. The van der Waals surface area contributed by atoms with Crippen LogP contribution in [0.5, 0.6) is 0 Å². The van der Waals surface area contributed by atoms with Gasteiger partial charge < -0.3 is 5.73 Å². The van der Waals surface area contributed by atoms with Gasteiger partial charge in [0.1, 0.15) is 5.82 Å². The molecule has 4 rings (SSSR count). The first-order valence-electron chi connectivity index (χ1n) is 6.75. The molecule has 0 amide bonds. The Kier molecular flexibility index (Phi) is 3.37. The molecule has 0 saturated heterocycles. The summed E-state index contributed by atoms with van der Waals surface area (Å²) in [5, 5.41) is 2.13. The minimum absolute atomic E-state index is 0.122. The molecule has 23 heavy (non-hydrogen) atoms. The van der Waals surface area contributed by atoms with Crippen LogP contribution in [-0.2, 0) is 0 Å². The van der Waals surface area contributed by atoms with Crippen molar-refractivity contribution in [3.8, 4) is 11.1 Å². The van der Waals surface area contributed by atoms with Gasteiger partial charge in [-0.25, -0.2) is 4.39 Å². The van der Waals surface area contributed by atoms with Crippen LogP contribution in [0.15, 0.2) is 47.3 Å². The quantitative estimate of drug-likeness (QED) is 0.485. The predicted molar refractivity (Wildman–Crippen MR) is 98.3 cm³/mol. The van der Waals surface area contributed by atoms with Crippen molar-refractivity contribution in [2.24, 2.45) is 0 Å². The second-order valence-electron chi connectivity index (χ2n) is 5.09. The van der Waals surface area contributed by atoms with Gasteiger partial charge in [-0.05, 0) is 35.9 Å². The van der Waals surface area contributed by atoms with Gasteiger partial charge in [-0.1, -0.05) is 23.7 Å². The molecule has 0 fully saturated rings. The second-order valence-corrected chi connectivity index (χ2v) is 7.89. The molecule has 0 atom stereocenters. The van der Waals surface area contributed by atoms with Crippen LogP contribution in [0, 0.1) is 5.82 Å². The Labute approximate surface area is 143 Å². The first-order chi connectivity index (χ1) is 11.0. The monoisotopic (exact) mass is 361 g/mol. The molecule has 0 radical (unpaired) electrons. The lowest BCUT2D eigenvalue weighted by atomic mass is 10.0. The zero-order valence-electron chi connectivity index (χ0n) is 11.6. The summed E-state index contributed by atoms with van der Waals surface area (Å²) in [5.74, 6) is -0.360. The van der Waals surface area contributed by atoms with Gasteiger partial charge in [0.05, 0.1) is 14.4 Å². The molecule has 0 saturated carbocycles. The fraction of sp³-hybridized carbons (Fsp3) is 0. The molecule has 2 aromatic heterocycles. The molecular formula is C17H9ClFNOS2. The topological polar surface area (TPSA) is 43.1 Å². The maximum Gasteiger partial charge on any atom is 0.197 e. The van der Waals surface area contributed by atoms with E-state index in [0.717, 1.165) is 8.71 Å². The normalized spacial score (nSPS) is 11.4. The smallest absolute Gasteiger partial charge is 0.197 e. The van der Waals surface area contributed by atoms with Gasteiger partial charge in [0.25, 0.3) is 0 Å². The third kappa shape index (κ3) is 2.32. The Morgan fingerprint density at radius 1 is 1.09 bits per heavy atom. The lowest BCUT2D eigenvalue weighted by Gasteiger charge is -2.03. The summed E-state index contributed by atoms with van der Waals surface area (Å²) in [6.07, 6.45) is 0. The molecule has 0 aliphatic heterocycles. The lowest BCUT2D eigenvalue weighted by molar-refractivity contribution is 0.628. The van der Waals surface area contributed by atoms with Gasteiger partial charge in [-0.2, -0.15) is 0 Å². The molecule has 0 spiro atoms. The Morgan fingerprint density at radius 3 is 2.70 bits per heavy atom. The molecule has 0 aliphatic rings. The van der Waals surface area contributed by atoms with Crippen LogP contribution in [0.25, 0.3) is 30.6 Å². The van der Waals surface area contributed by atoms with Crippen molar-refractivity contribution in [1.29, 1.82) is 0 Å². The van der Waals surface area contributed by atoms with Crippen molar-refractivity contribution in [2.75, 3.05) is 5.73 Å². The number of anilines is 1. The van der Waals surface area contributed by atoms with E-state index in [1.165, 1.54) is 34.8 Å². The Hall–Kier alpha value is -1.95. The summed E-state index contributed by atoms with van der Waals surface area (Å²) in [6, 6.07) is 11.4. The van der Waals surface area contributed by atoms with E-state index in [1.807, 2.05) is 6.07 Å². The van der Waals surface area contributed by atoms with Crippen LogP contribution in [-0.4, -0.2) is 0 Å². The van der Waals surface area contributed by atoms with Gasteiger partial charge in [0.2, 0.25) is 0 Å². The molecule has 2 heterocycles. The molecule has 2 N–H and O–H groups in total. The standard InChI is InChI=1S/C17H9ClFNOS2/c18-9-4-5-12-11(7-9)15(21)14-13(16(20)23-17(14)22-12)8-2-1-3-10(19)6-8/h1-7H,20H2. The lowest BCUT2D eigenvalue weighted by Crippen LogP contribution is -2.01. The van der Waals surface area contributed by atoms with E-state index in [1.54, 1.807) is 24.3 Å². The minimum atomic E-state index is -0.360. The number of thiophene rings is 1. The van der Waals surface area contributed by atoms with Gasteiger partial charge in [0.15, 0.2) is 5.43 Å². The highest BCUT2D eigenvalue weighted by Crippen LogP contribution is 2.42. The minimum Gasteiger partial charge on any atom is -0.390 e. The first-order valence-corrected chi connectivity index (χ1v) is 8.76. The zero-order valence-corrected chi connectivity index (χ0v) is 14.0. The van der Waals surface area contributed by atoms with Crippen molar-refractivity contribution >= 4 is 58.8 Å². The number of fused-ring (bicyclic) bond motifs is 2. The summed E-state index contributed by atoms with van der Waals surface area (Å²) in [5.41, 5.74) is 7.23. The zero-order chi connectivity index (χ0) is 16.1. The number of nitrogens with two attached hydrogens (primary N) is 1. The summed E-state index contributed by atoms with van der Waals surface area (Å²) in [4.78, 5) is 12.9. The van der Waals surface area contributed by atoms with Crippen LogP contribution in [0.2, 0.25) is 5.02 Å². The average Bonchev–Trinajstić information content (AvgIpc) is 2.84. The fourth-order valence-electron chi connectivity index (χ4n) is 2.64. The third-order valence-corrected chi connectivity index (χ3v) is 6.15. The van der Waals surface area contributed by atoms with Gasteiger partial charge in [-0.15, -0.1) is 22.7 Å². The van der Waals surface area contributed by atoms with Crippen LogP contribution in [0.4, 0.5) is 9.39 Å². The second kappa shape index (κ2) is 5.30. The fourth-order valence-corrected chi connectivity index (χ4v) is 5.23. The third-order valence-electron chi connectivity index (χ3n) is 3.63. The highest BCUT2D eigenvalue weighted by Gasteiger charge is 2.18. The summed E-state index contributed by atoms with van der Waals surface area (Å²) in [6.45, 7) is 0. The van der Waals surface area contributed by atoms with E-state index >= 15 is 0 Å². The summed E-state index contributed by atoms with van der Waals surface area (Å²) in [7, 11) is 0. The molecule has 2 aromatic carbocycles. The van der Waals surface area contributed by atoms with Crippen molar-refractivity contribution < 1.29 is 4.39 Å². The summed E-state index contributed by atoms with van der Waals surface area (Å²) < 4.78 is 15.3. The van der Waals surface area contributed by atoms with E-state index in [0.29, 0.717) is 31.9 Å². The van der Waals surface area contributed by atoms with Gasteiger partial charge >= 0.3 is 0 Å². The van der Waals surface area contributed by atoms with Crippen LogP contribution in [0.3, 0.4) is 0 Å². The Bertz CT molecular complexity index is 1130. The Morgan fingerprint density at radius 2 is 1.91 bits per heavy atom. The molecule has 6 heteroatoms. The molecule has 4 aromatic rings. The highest BCUT2D eigenvalue weighted by atomic mass is 35.5. The average molecular weight is 362 g/mol. The molecule has 2 nitrogen and oxygen atoms in total. The van der Waals surface area contributed by atoms with Crippen molar-refractivity contribution in [3.05, 3.63) is 63.5 Å². The predicted octanol–water partition coefficient (Wildman–Crippen LogP) is 5.52. The maximum absolute atomic E-state index is 13.6. The van der Waals surface area contributed by atoms with Crippen molar-refractivity contribution in [1.82, 2.24) is 0 Å². The number of halogens is 2. The van der Waals surface area contributed by atoms with Crippen molar-refractivity contribution in [3.63, 3.8) is 0 Å². The molecule has 0 bridgehead atoms.